The Morgan fingerprint density at radius 1 is 0.939 bits per heavy atom. The third-order valence-corrected chi connectivity index (χ3v) is 6.77. The molecule has 1 fully saturated rings. The summed E-state index contributed by atoms with van der Waals surface area (Å²) in [6.45, 7) is 4.00. The van der Waals surface area contributed by atoms with E-state index in [1.807, 2.05) is 12.1 Å². The fraction of sp³-hybridized carbons (Fsp3) is 0.250. The van der Waals surface area contributed by atoms with Crippen molar-refractivity contribution in [1.82, 2.24) is 4.90 Å². The molecule has 0 atom stereocenters. The predicted octanol–water partition coefficient (Wildman–Crippen LogP) is 4.75. The first-order chi connectivity index (χ1) is 15.9. The molecule has 1 aliphatic heterocycles. The van der Waals surface area contributed by atoms with Crippen molar-refractivity contribution in [3.63, 3.8) is 0 Å². The minimum atomic E-state index is -0.381. The van der Waals surface area contributed by atoms with Crippen molar-refractivity contribution in [3.05, 3.63) is 69.4 Å². The van der Waals surface area contributed by atoms with Gasteiger partial charge >= 0.3 is 0 Å². The number of carbonyl (C=O) groups excluding carboxylic acids is 2. The Labute approximate surface area is 201 Å². The van der Waals surface area contributed by atoms with Gasteiger partial charge in [0.2, 0.25) is 0 Å². The number of amides is 2. The zero-order chi connectivity index (χ0) is 23.4. The number of hydrogen-bond donors (Lipinski definition) is 3. The number of benzene rings is 2. The smallest absolute Gasteiger partial charge is 0.265 e. The molecule has 0 radical (unpaired) electrons. The van der Waals surface area contributed by atoms with Crippen LogP contribution in [-0.2, 0) is 0 Å². The van der Waals surface area contributed by atoms with Gasteiger partial charge in [-0.1, -0.05) is 17.7 Å². The maximum Gasteiger partial charge on any atom is 0.265 e. The van der Waals surface area contributed by atoms with Crippen molar-refractivity contribution in [1.29, 1.82) is 0 Å². The standard InChI is InChI=1S/C24H25ClN4O3S/c1-28-12-3-13-29(15-14-28)17-8-6-16(7-9-17)23(31)27-22-18(4-2-5-19(22)30)26-24(32)20-10-11-21(25)33-20/h2,4-11,30H,3,12-15H2,1H3,(H,26,32)(H,27,31). The average Bonchev–Trinajstić information content (AvgIpc) is 3.13. The van der Waals surface area contributed by atoms with Crippen molar-refractivity contribution >= 4 is 51.8 Å². The van der Waals surface area contributed by atoms with Gasteiger partial charge in [-0.05, 0) is 68.5 Å². The number of hydrogen-bond acceptors (Lipinski definition) is 6. The summed E-state index contributed by atoms with van der Waals surface area (Å²) in [6, 6.07) is 15.3. The first-order valence-corrected chi connectivity index (χ1v) is 11.8. The summed E-state index contributed by atoms with van der Waals surface area (Å²) < 4.78 is 0.500. The molecule has 2 aromatic carbocycles. The van der Waals surface area contributed by atoms with E-state index in [1.54, 1.807) is 36.4 Å². The van der Waals surface area contributed by atoms with Crippen LogP contribution in [0.15, 0.2) is 54.6 Å². The summed E-state index contributed by atoms with van der Waals surface area (Å²) in [4.78, 5) is 30.5. The minimum absolute atomic E-state index is 0.137. The lowest BCUT2D eigenvalue weighted by Crippen LogP contribution is -2.28. The first kappa shape index (κ1) is 23.1. The molecular formula is C24H25ClN4O3S. The van der Waals surface area contributed by atoms with E-state index in [4.69, 9.17) is 11.6 Å². The van der Waals surface area contributed by atoms with Gasteiger partial charge in [-0.3, -0.25) is 9.59 Å². The second kappa shape index (κ2) is 10.2. The molecule has 1 aliphatic rings. The number of para-hydroxylation sites is 1. The second-order valence-corrected chi connectivity index (χ2v) is 9.62. The Balaban J connectivity index is 1.47. The molecule has 172 valence electrons. The number of nitrogens with zero attached hydrogens (tertiary/aromatic N) is 2. The van der Waals surface area contributed by atoms with Crippen LogP contribution >= 0.6 is 22.9 Å². The maximum atomic E-state index is 12.9. The lowest BCUT2D eigenvalue weighted by molar-refractivity contribution is 0.101. The number of thiophene rings is 1. The van der Waals surface area contributed by atoms with E-state index in [2.05, 4.69) is 27.5 Å². The van der Waals surface area contributed by atoms with E-state index in [9.17, 15) is 14.7 Å². The zero-order valence-electron chi connectivity index (χ0n) is 18.2. The number of halogens is 1. The Morgan fingerprint density at radius 2 is 1.73 bits per heavy atom. The molecule has 0 bridgehead atoms. The van der Waals surface area contributed by atoms with Crippen molar-refractivity contribution < 1.29 is 14.7 Å². The molecule has 1 aromatic heterocycles. The van der Waals surface area contributed by atoms with Gasteiger partial charge in [0.1, 0.15) is 11.4 Å². The SMILES string of the molecule is CN1CCCN(c2ccc(C(=O)Nc3c(O)cccc3NC(=O)c3ccc(Cl)s3)cc2)CC1. The largest absolute Gasteiger partial charge is 0.506 e. The third kappa shape index (κ3) is 5.65. The van der Waals surface area contributed by atoms with E-state index in [0.717, 1.165) is 49.6 Å². The second-order valence-electron chi connectivity index (χ2n) is 7.90. The molecule has 7 nitrogen and oxygen atoms in total. The Hall–Kier alpha value is -3.07. The molecule has 3 N–H and O–H groups in total. The molecular weight excluding hydrogens is 460 g/mol. The van der Waals surface area contributed by atoms with Crippen molar-refractivity contribution in [3.8, 4) is 5.75 Å². The van der Waals surface area contributed by atoms with Gasteiger partial charge in [0.25, 0.3) is 11.8 Å². The summed E-state index contributed by atoms with van der Waals surface area (Å²) >= 11 is 7.06. The molecule has 0 spiro atoms. The van der Waals surface area contributed by atoms with Gasteiger partial charge in [-0.25, -0.2) is 0 Å². The van der Waals surface area contributed by atoms with Crippen molar-refractivity contribution in [2.75, 3.05) is 48.8 Å². The molecule has 0 aliphatic carbocycles. The number of anilines is 3. The summed E-state index contributed by atoms with van der Waals surface area (Å²) in [5.41, 5.74) is 1.96. The lowest BCUT2D eigenvalue weighted by Gasteiger charge is -2.23. The molecule has 2 heterocycles. The predicted molar refractivity (Wildman–Crippen MR) is 134 cm³/mol. The summed E-state index contributed by atoms with van der Waals surface area (Å²) in [7, 11) is 2.13. The Kier molecular flexibility index (Phi) is 7.17. The van der Waals surface area contributed by atoms with Crippen molar-refractivity contribution in [2.45, 2.75) is 6.42 Å². The van der Waals surface area contributed by atoms with E-state index in [-0.39, 0.29) is 23.3 Å². The lowest BCUT2D eigenvalue weighted by atomic mass is 10.1. The van der Waals surface area contributed by atoms with Gasteiger partial charge in [0.05, 0.1) is 14.9 Å². The topological polar surface area (TPSA) is 84.9 Å². The van der Waals surface area contributed by atoms with Crippen LogP contribution in [-0.4, -0.2) is 55.0 Å². The van der Waals surface area contributed by atoms with Gasteiger partial charge in [-0.15, -0.1) is 11.3 Å². The van der Waals surface area contributed by atoms with E-state index in [1.165, 1.54) is 6.07 Å². The molecule has 4 rings (SSSR count). The van der Waals surface area contributed by atoms with Gasteiger partial charge < -0.3 is 25.5 Å². The molecule has 0 unspecified atom stereocenters. The van der Waals surface area contributed by atoms with E-state index >= 15 is 0 Å². The highest BCUT2D eigenvalue weighted by atomic mass is 35.5. The minimum Gasteiger partial charge on any atom is -0.506 e. The van der Waals surface area contributed by atoms with Crippen LogP contribution in [0, 0.1) is 0 Å². The van der Waals surface area contributed by atoms with Crippen molar-refractivity contribution in [2.24, 2.45) is 0 Å². The van der Waals surface area contributed by atoms with Crippen LogP contribution in [0.3, 0.4) is 0 Å². The maximum absolute atomic E-state index is 12.9. The van der Waals surface area contributed by atoms with Crippen LogP contribution in [0.2, 0.25) is 4.34 Å². The normalized spacial score (nSPS) is 14.5. The summed E-state index contributed by atoms with van der Waals surface area (Å²) in [5.74, 6) is -0.899. The third-order valence-electron chi connectivity index (χ3n) is 5.54. The fourth-order valence-corrected chi connectivity index (χ4v) is 4.65. The van der Waals surface area contributed by atoms with Crippen LogP contribution in [0.4, 0.5) is 17.1 Å². The fourth-order valence-electron chi connectivity index (χ4n) is 3.71. The number of likely N-dealkylation sites (N-methyl/N-ethyl adjacent to an activating group) is 1. The summed E-state index contributed by atoms with van der Waals surface area (Å²) in [5, 5.41) is 15.8. The highest BCUT2D eigenvalue weighted by molar-refractivity contribution is 7.18. The molecule has 2 amide bonds. The Bertz CT molecular complexity index is 1150. The van der Waals surface area contributed by atoms with E-state index < -0.39 is 0 Å². The molecule has 1 saturated heterocycles. The zero-order valence-corrected chi connectivity index (χ0v) is 19.7. The number of rotatable bonds is 5. The van der Waals surface area contributed by atoms with Gasteiger partial charge in [0, 0.05) is 30.9 Å². The molecule has 33 heavy (non-hydrogen) atoms. The van der Waals surface area contributed by atoms with Gasteiger partial charge in [0.15, 0.2) is 0 Å². The molecule has 9 heteroatoms. The number of aromatic hydroxyl groups is 1. The highest BCUT2D eigenvalue weighted by Gasteiger charge is 2.17. The average molecular weight is 485 g/mol. The highest BCUT2D eigenvalue weighted by Crippen LogP contribution is 2.33. The summed E-state index contributed by atoms with van der Waals surface area (Å²) in [6.07, 6.45) is 1.10. The van der Waals surface area contributed by atoms with Crippen LogP contribution in [0.25, 0.3) is 0 Å². The van der Waals surface area contributed by atoms with E-state index in [0.29, 0.717) is 20.5 Å². The molecule has 0 saturated carbocycles. The monoisotopic (exact) mass is 484 g/mol. The van der Waals surface area contributed by atoms with Crippen LogP contribution < -0.4 is 15.5 Å². The molecule has 3 aromatic rings. The number of nitrogens with one attached hydrogen (secondary N) is 2. The van der Waals surface area contributed by atoms with Crippen LogP contribution in [0.5, 0.6) is 5.75 Å². The first-order valence-electron chi connectivity index (χ1n) is 10.6. The number of phenols is 1. The van der Waals surface area contributed by atoms with Gasteiger partial charge in [-0.2, -0.15) is 0 Å². The van der Waals surface area contributed by atoms with Crippen LogP contribution in [0.1, 0.15) is 26.5 Å². The number of phenolic OH excluding ortho intramolecular Hbond substituents is 1. The number of carbonyl (C=O) groups is 2. The Morgan fingerprint density at radius 3 is 2.45 bits per heavy atom. The quantitative estimate of drug-likeness (QED) is 0.455.